The lowest BCUT2D eigenvalue weighted by Crippen LogP contribution is -1.88. The molecule has 0 unspecified atom stereocenters. The Morgan fingerprint density at radius 2 is 2.14 bits per heavy atom. The molecule has 0 fully saturated rings. The minimum Gasteiger partial charge on any atom is -0.245 e. The number of nitrogens with zero attached hydrogens (tertiary/aromatic N) is 2. The van der Waals surface area contributed by atoms with Gasteiger partial charge in [0, 0.05) is 17.0 Å². The van der Waals surface area contributed by atoms with E-state index in [1.165, 1.54) is 24.4 Å². The Morgan fingerprint density at radius 1 is 1.36 bits per heavy atom. The molecule has 1 aromatic carbocycles. The van der Waals surface area contributed by atoms with E-state index in [1.54, 1.807) is 0 Å². The number of aromatic nitrogens is 1. The molecule has 0 spiro atoms. The zero-order valence-electron chi connectivity index (χ0n) is 6.96. The van der Waals surface area contributed by atoms with E-state index in [0.717, 1.165) is 0 Å². The monoisotopic (exact) mass is 206 g/mol. The molecule has 0 aliphatic carbocycles. The largest absolute Gasteiger partial charge is 0.245 e. The number of benzene rings is 1. The van der Waals surface area contributed by atoms with Crippen LogP contribution in [0.1, 0.15) is 5.69 Å². The van der Waals surface area contributed by atoms with Crippen molar-refractivity contribution in [3.05, 3.63) is 40.9 Å². The van der Waals surface area contributed by atoms with E-state index in [1.807, 2.05) is 6.07 Å². The van der Waals surface area contributed by atoms with Gasteiger partial charge in [-0.3, -0.25) is 0 Å². The van der Waals surface area contributed by atoms with Crippen LogP contribution in [0.3, 0.4) is 0 Å². The number of hydrogen-bond donors (Lipinski definition) is 0. The van der Waals surface area contributed by atoms with Crippen molar-refractivity contribution in [3.8, 4) is 6.07 Å². The van der Waals surface area contributed by atoms with Gasteiger partial charge >= 0.3 is 0 Å². The Kier molecular flexibility index (Phi) is 2.06. The number of fused-ring (bicyclic) bond motifs is 1. The van der Waals surface area contributed by atoms with Crippen LogP contribution in [0.2, 0.25) is 5.02 Å². The van der Waals surface area contributed by atoms with Gasteiger partial charge in [0.2, 0.25) is 0 Å². The van der Waals surface area contributed by atoms with Crippen LogP contribution < -0.4 is 0 Å². The number of hydrogen-bond acceptors (Lipinski definition) is 2. The first kappa shape index (κ1) is 8.92. The van der Waals surface area contributed by atoms with Crippen LogP contribution in [0.5, 0.6) is 0 Å². The third kappa shape index (κ3) is 1.21. The van der Waals surface area contributed by atoms with Crippen LogP contribution in [-0.2, 0) is 0 Å². The molecule has 4 heteroatoms. The maximum atomic E-state index is 13.3. The van der Waals surface area contributed by atoms with E-state index in [0.29, 0.717) is 15.8 Å². The van der Waals surface area contributed by atoms with Crippen LogP contribution in [0.4, 0.5) is 4.39 Å². The first-order valence-electron chi connectivity index (χ1n) is 3.87. The van der Waals surface area contributed by atoms with Crippen molar-refractivity contribution in [2.45, 2.75) is 0 Å². The summed E-state index contributed by atoms with van der Waals surface area (Å²) < 4.78 is 13.3. The average Bonchev–Trinajstić information content (AvgIpc) is 2.23. The maximum absolute atomic E-state index is 13.3. The third-order valence-electron chi connectivity index (χ3n) is 1.93. The Labute approximate surface area is 84.6 Å². The maximum Gasteiger partial charge on any atom is 0.149 e. The molecule has 0 aliphatic rings. The molecule has 2 nitrogen and oxygen atoms in total. The van der Waals surface area contributed by atoms with Crippen molar-refractivity contribution >= 4 is 22.4 Å². The van der Waals surface area contributed by atoms with Crippen molar-refractivity contribution in [1.29, 1.82) is 5.26 Å². The molecule has 2 rings (SSSR count). The number of rotatable bonds is 0. The molecule has 0 bridgehead atoms. The van der Waals surface area contributed by atoms with Gasteiger partial charge in [0.25, 0.3) is 0 Å². The molecule has 0 radical (unpaired) electrons. The molecular weight excluding hydrogens is 203 g/mol. The van der Waals surface area contributed by atoms with Crippen LogP contribution in [0.15, 0.2) is 24.4 Å². The number of pyridine rings is 1. The highest BCUT2D eigenvalue weighted by Gasteiger charge is 2.09. The predicted molar refractivity (Wildman–Crippen MR) is 51.4 cm³/mol. The molecule has 1 heterocycles. The van der Waals surface area contributed by atoms with Gasteiger partial charge in [0.1, 0.15) is 17.6 Å². The third-order valence-corrected chi connectivity index (χ3v) is 2.24. The van der Waals surface area contributed by atoms with E-state index < -0.39 is 5.82 Å². The summed E-state index contributed by atoms with van der Waals surface area (Å²) in [7, 11) is 0. The molecule has 1 aromatic heterocycles. The molecule has 0 aliphatic heterocycles. The second-order valence-electron chi connectivity index (χ2n) is 2.72. The Hall–Kier alpha value is -1.66. The highest BCUT2D eigenvalue weighted by atomic mass is 35.5. The summed E-state index contributed by atoms with van der Waals surface area (Å²) in [6.07, 6.45) is 1.39. The molecule has 68 valence electrons. The van der Waals surface area contributed by atoms with Gasteiger partial charge in [-0.05, 0) is 18.2 Å². The summed E-state index contributed by atoms with van der Waals surface area (Å²) >= 11 is 5.86. The lowest BCUT2D eigenvalue weighted by Gasteiger charge is -2.02. The van der Waals surface area contributed by atoms with E-state index >= 15 is 0 Å². The van der Waals surface area contributed by atoms with Gasteiger partial charge in [-0.25, -0.2) is 9.37 Å². The van der Waals surface area contributed by atoms with Gasteiger partial charge < -0.3 is 0 Å². The summed E-state index contributed by atoms with van der Waals surface area (Å²) in [5.74, 6) is -0.400. The normalized spacial score (nSPS) is 10.1. The Morgan fingerprint density at radius 3 is 2.86 bits per heavy atom. The van der Waals surface area contributed by atoms with Crippen molar-refractivity contribution in [3.63, 3.8) is 0 Å². The van der Waals surface area contributed by atoms with Gasteiger partial charge in [0.05, 0.1) is 5.02 Å². The summed E-state index contributed by atoms with van der Waals surface area (Å²) in [5.41, 5.74) is 0.145. The van der Waals surface area contributed by atoms with Crippen molar-refractivity contribution in [1.82, 2.24) is 4.98 Å². The topological polar surface area (TPSA) is 36.7 Å². The molecule has 14 heavy (non-hydrogen) atoms. The van der Waals surface area contributed by atoms with Gasteiger partial charge in [0.15, 0.2) is 0 Å². The second-order valence-corrected chi connectivity index (χ2v) is 3.13. The fourth-order valence-corrected chi connectivity index (χ4v) is 1.56. The summed E-state index contributed by atoms with van der Waals surface area (Å²) in [5, 5.41) is 9.79. The zero-order valence-corrected chi connectivity index (χ0v) is 7.72. The van der Waals surface area contributed by atoms with Crippen molar-refractivity contribution in [2.75, 3.05) is 0 Å². The number of halogens is 2. The summed E-state index contributed by atoms with van der Waals surface area (Å²) in [6, 6.07) is 6.06. The van der Waals surface area contributed by atoms with Crippen LogP contribution in [0.25, 0.3) is 10.8 Å². The molecule has 0 atom stereocenters. The fourth-order valence-electron chi connectivity index (χ4n) is 1.31. The van der Waals surface area contributed by atoms with Gasteiger partial charge in [-0.15, -0.1) is 0 Å². The van der Waals surface area contributed by atoms with E-state index in [4.69, 9.17) is 16.9 Å². The van der Waals surface area contributed by atoms with Crippen LogP contribution in [0, 0.1) is 17.1 Å². The van der Waals surface area contributed by atoms with Gasteiger partial charge in [-0.1, -0.05) is 11.6 Å². The quantitative estimate of drug-likeness (QED) is 0.665. The first-order chi connectivity index (χ1) is 6.74. The molecule has 0 saturated heterocycles. The lowest BCUT2D eigenvalue weighted by atomic mass is 10.1. The van der Waals surface area contributed by atoms with Crippen molar-refractivity contribution < 1.29 is 4.39 Å². The average molecular weight is 207 g/mol. The van der Waals surface area contributed by atoms with Crippen molar-refractivity contribution in [2.24, 2.45) is 0 Å². The minimum atomic E-state index is -0.400. The SMILES string of the molecule is N#Cc1nccc2c(F)ccc(Cl)c12. The Bertz CT molecular complexity index is 546. The van der Waals surface area contributed by atoms with E-state index in [2.05, 4.69) is 4.98 Å². The summed E-state index contributed by atoms with van der Waals surface area (Å²) in [6.45, 7) is 0. The van der Waals surface area contributed by atoms with Crippen LogP contribution in [-0.4, -0.2) is 4.98 Å². The minimum absolute atomic E-state index is 0.145. The molecule has 0 N–H and O–H groups in total. The second kappa shape index (κ2) is 3.24. The zero-order chi connectivity index (χ0) is 10.1. The Balaban J connectivity index is 3.01. The molecular formula is C10H4ClFN2. The van der Waals surface area contributed by atoms with E-state index in [-0.39, 0.29) is 5.69 Å². The molecule has 0 amide bonds. The summed E-state index contributed by atoms with van der Waals surface area (Å²) in [4.78, 5) is 3.82. The lowest BCUT2D eigenvalue weighted by molar-refractivity contribution is 0.639. The first-order valence-corrected chi connectivity index (χ1v) is 4.24. The highest BCUT2D eigenvalue weighted by molar-refractivity contribution is 6.35. The standard InChI is InChI=1S/C10H4ClFN2/c11-7-1-2-8(12)6-3-4-14-9(5-13)10(6)7/h1-4H. The molecule has 2 aromatic rings. The van der Waals surface area contributed by atoms with E-state index in [9.17, 15) is 4.39 Å². The number of nitriles is 1. The van der Waals surface area contributed by atoms with Gasteiger partial charge in [-0.2, -0.15) is 5.26 Å². The smallest absolute Gasteiger partial charge is 0.149 e. The fraction of sp³-hybridized carbons (Fsp3) is 0. The highest BCUT2D eigenvalue weighted by Crippen LogP contribution is 2.27. The predicted octanol–water partition coefficient (Wildman–Crippen LogP) is 2.90. The molecule has 0 saturated carbocycles. The van der Waals surface area contributed by atoms with Crippen LogP contribution >= 0.6 is 11.6 Å².